The van der Waals surface area contributed by atoms with E-state index in [4.69, 9.17) is 4.74 Å². The Morgan fingerprint density at radius 2 is 1.92 bits per heavy atom. The summed E-state index contributed by atoms with van der Waals surface area (Å²) in [5.74, 6) is -1.16. The topological polar surface area (TPSA) is 82.1 Å². The Morgan fingerprint density at radius 1 is 1.14 bits per heavy atom. The van der Waals surface area contributed by atoms with Crippen molar-refractivity contribution in [3.63, 3.8) is 0 Å². The largest absolute Gasteiger partial charge is 0.507 e. The summed E-state index contributed by atoms with van der Waals surface area (Å²) in [5, 5.41) is 14.0. The predicted octanol–water partition coefficient (Wildman–Crippen LogP) is 4.71. The summed E-state index contributed by atoms with van der Waals surface area (Å²) in [4.78, 5) is 29.2. The maximum Gasteiger partial charge on any atom is 0.264 e. The van der Waals surface area contributed by atoms with Gasteiger partial charge in [0.2, 0.25) is 5.91 Å². The predicted molar refractivity (Wildman–Crippen MR) is 134 cm³/mol. The van der Waals surface area contributed by atoms with Gasteiger partial charge in [-0.15, -0.1) is 0 Å². The number of hydrogen-bond acceptors (Lipinski definition) is 5. The smallest absolute Gasteiger partial charge is 0.264 e. The molecule has 2 N–H and O–H groups in total. The standard InChI is InChI=1S/C28H27F2N3O4/c1-32-11-10-22(27(32)35)31-21-9-5-8-18-14-33(15-20(18)21)28(36)25-23(34)12-19(26(29)30)13-24(25)37-16-17-6-3-2-4-7-17/h2-9,12-13,22,26,31,34H,10-11,14-16H2,1H3/t22-/m0/s1. The van der Waals surface area contributed by atoms with Gasteiger partial charge in [-0.25, -0.2) is 8.78 Å². The zero-order valence-electron chi connectivity index (χ0n) is 20.3. The van der Waals surface area contributed by atoms with Crippen molar-refractivity contribution >= 4 is 17.5 Å². The third kappa shape index (κ3) is 4.94. The first-order valence-corrected chi connectivity index (χ1v) is 12.0. The fourth-order valence-corrected chi connectivity index (χ4v) is 4.81. The number of carbonyl (C=O) groups is 2. The van der Waals surface area contributed by atoms with Crippen LogP contribution < -0.4 is 10.1 Å². The first-order valence-electron chi connectivity index (χ1n) is 12.0. The number of benzene rings is 3. The number of rotatable bonds is 7. The van der Waals surface area contributed by atoms with E-state index in [-0.39, 0.29) is 43.0 Å². The van der Waals surface area contributed by atoms with Crippen LogP contribution in [0.3, 0.4) is 0 Å². The highest BCUT2D eigenvalue weighted by Crippen LogP contribution is 2.38. The number of carbonyl (C=O) groups excluding carboxylic acids is 2. The Bertz CT molecular complexity index is 1330. The Morgan fingerprint density at radius 3 is 2.62 bits per heavy atom. The van der Waals surface area contributed by atoms with Gasteiger partial charge in [0.25, 0.3) is 12.3 Å². The third-order valence-electron chi connectivity index (χ3n) is 6.83. The summed E-state index contributed by atoms with van der Waals surface area (Å²) in [5.41, 5.74) is 2.77. The number of amides is 2. The van der Waals surface area contributed by atoms with Crippen LogP contribution in [0, 0.1) is 0 Å². The van der Waals surface area contributed by atoms with Crippen LogP contribution >= 0.6 is 0 Å². The maximum absolute atomic E-state index is 13.6. The molecular formula is C28H27F2N3O4. The van der Waals surface area contributed by atoms with Gasteiger partial charge in [-0.3, -0.25) is 9.59 Å². The fraction of sp³-hybridized carbons (Fsp3) is 0.286. The van der Waals surface area contributed by atoms with Gasteiger partial charge in [0.15, 0.2) is 0 Å². The van der Waals surface area contributed by atoms with Gasteiger partial charge in [0.05, 0.1) is 0 Å². The summed E-state index contributed by atoms with van der Waals surface area (Å²) >= 11 is 0. The monoisotopic (exact) mass is 507 g/mol. The lowest BCUT2D eigenvalue weighted by Gasteiger charge is -2.20. The zero-order chi connectivity index (χ0) is 26.1. The minimum absolute atomic E-state index is 0.0211. The summed E-state index contributed by atoms with van der Waals surface area (Å²) < 4.78 is 32.7. The molecule has 1 saturated heterocycles. The molecule has 2 aliphatic heterocycles. The fourth-order valence-electron chi connectivity index (χ4n) is 4.81. The molecule has 0 radical (unpaired) electrons. The van der Waals surface area contributed by atoms with E-state index in [2.05, 4.69) is 5.32 Å². The van der Waals surface area contributed by atoms with Crippen LogP contribution in [-0.2, 0) is 24.5 Å². The van der Waals surface area contributed by atoms with E-state index in [1.54, 1.807) is 11.9 Å². The second kappa shape index (κ2) is 10.1. The molecule has 0 saturated carbocycles. The van der Waals surface area contributed by atoms with Crippen LogP contribution in [0.25, 0.3) is 0 Å². The Labute approximate surface area is 213 Å². The lowest BCUT2D eigenvalue weighted by Crippen LogP contribution is -2.31. The molecule has 0 bridgehead atoms. The minimum Gasteiger partial charge on any atom is -0.507 e. The van der Waals surface area contributed by atoms with Gasteiger partial charge in [0.1, 0.15) is 29.7 Å². The van der Waals surface area contributed by atoms with Crippen molar-refractivity contribution in [2.24, 2.45) is 0 Å². The van der Waals surface area contributed by atoms with Crippen molar-refractivity contribution in [2.45, 2.75) is 38.6 Å². The van der Waals surface area contributed by atoms with Gasteiger partial charge in [0, 0.05) is 37.9 Å². The molecule has 0 unspecified atom stereocenters. The molecule has 0 aromatic heterocycles. The molecule has 3 aromatic rings. The number of likely N-dealkylation sites (N-methyl/N-ethyl adjacent to an activating group) is 1. The second-order valence-corrected chi connectivity index (χ2v) is 9.34. The number of nitrogens with zero attached hydrogens (tertiary/aromatic N) is 2. The van der Waals surface area contributed by atoms with Gasteiger partial charge in [-0.05, 0) is 41.3 Å². The normalized spacial score (nSPS) is 16.9. The highest BCUT2D eigenvalue weighted by molar-refractivity contribution is 6.00. The number of alkyl halides is 2. The SMILES string of the molecule is CN1CC[C@H](Nc2cccc3c2CN(C(=O)c2c(O)cc(C(F)F)cc2OCc2ccccc2)C3)C1=O. The first kappa shape index (κ1) is 24.5. The number of hydrogen-bond donors (Lipinski definition) is 2. The van der Waals surface area contributed by atoms with E-state index in [1.807, 2.05) is 48.5 Å². The number of phenols is 1. The number of likely N-dealkylation sites (tertiary alicyclic amines) is 1. The van der Waals surface area contributed by atoms with Crippen LogP contribution in [0.5, 0.6) is 11.5 Å². The quantitative estimate of drug-likeness (QED) is 0.484. The van der Waals surface area contributed by atoms with Crippen molar-refractivity contribution < 1.29 is 28.2 Å². The second-order valence-electron chi connectivity index (χ2n) is 9.34. The number of nitrogens with one attached hydrogen (secondary N) is 1. The van der Waals surface area contributed by atoms with Crippen LogP contribution in [0.2, 0.25) is 0 Å². The molecule has 9 heteroatoms. The average molecular weight is 508 g/mol. The number of fused-ring (bicyclic) bond motifs is 1. The van der Waals surface area contributed by atoms with E-state index in [0.717, 1.165) is 34.5 Å². The molecule has 2 amide bonds. The Balaban J connectivity index is 1.40. The van der Waals surface area contributed by atoms with Gasteiger partial charge in [-0.2, -0.15) is 0 Å². The first-order chi connectivity index (χ1) is 17.8. The molecule has 192 valence electrons. The zero-order valence-corrected chi connectivity index (χ0v) is 20.3. The van der Waals surface area contributed by atoms with Gasteiger partial charge < -0.3 is 25.0 Å². The summed E-state index contributed by atoms with van der Waals surface area (Å²) in [7, 11) is 1.77. The van der Waals surface area contributed by atoms with Crippen molar-refractivity contribution in [3.8, 4) is 11.5 Å². The maximum atomic E-state index is 13.6. The average Bonchev–Trinajstić information content (AvgIpc) is 3.47. The molecule has 3 aromatic carbocycles. The number of aromatic hydroxyl groups is 1. The van der Waals surface area contributed by atoms with Gasteiger partial charge in [-0.1, -0.05) is 42.5 Å². The van der Waals surface area contributed by atoms with Crippen molar-refractivity contribution in [1.82, 2.24) is 9.80 Å². The highest BCUT2D eigenvalue weighted by Gasteiger charge is 2.33. The molecule has 2 aliphatic rings. The molecule has 0 aliphatic carbocycles. The van der Waals surface area contributed by atoms with E-state index < -0.39 is 23.6 Å². The summed E-state index contributed by atoms with van der Waals surface area (Å²) in [6.45, 7) is 1.24. The Hall–Kier alpha value is -4.14. The van der Waals surface area contributed by atoms with Crippen LogP contribution in [0.15, 0.2) is 60.7 Å². The van der Waals surface area contributed by atoms with Crippen LogP contribution in [0.4, 0.5) is 14.5 Å². The number of ether oxygens (including phenoxy) is 1. The molecule has 37 heavy (non-hydrogen) atoms. The molecular weight excluding hydrogens is 480 g/mol. The summed E-state index contributed by atoms with van der Waals surface area (Å²) in [6.07, 6.45) is -2.15. The highest BCUT2D eigenvalue weighted by atomic mass is 19.3. The lowest BCUT2D eigenvalue weighted by molar-refractivity contribution is -0.127. The number of anilines is 1. The number of phenolic OH excluding ortho intramolecular Hbond substituents is 1. The van der Waals surface area contributed by atoms with Gasteiger partial charge >= 0.3 is 0 Å². The Kier molecular flexibility index (Phi) is 6.69. The summed E-state index contributed by atoms with van der Waals surface area (Å²) in [6, 6.07) is 16.5. The van der Waals surface area contributed by atoms with E-state index in [0.29, 0.717) is 13.0 Å². The van der Waals surface area contributed by atoms with E-state index in [9.17, 15) is 23.5 Å². The molecule has 0 spiro atoms. The van der Waals surface area contributed by atoms with Crippen LogP contribution in [0.1, 0.15) is 45.5 Å². The molecule has 2 heterocycles. The van der Waals surface area contributed by atoms with Crippen molar-refractivity contribution in [2.75, 3.05) is 18.9 Å². The lowest BCUT2D eigenvalue weighted by atomic mass is 10.1. The minimum atomic E-state index is -2.84. The molecule has 7 nitrogen and oxygen atoms in total. The van der Waals surface area contributed by atoms with Crippen molar-refractivity contribution in [3.05, 3.63) is 88.5 Å². The van der Waals surface area contributed by atoms with Crippen LogP contribution in [-0.4, -0.2) is 46.4 Å². The molecule has 1 atom stereocenters. The van der Waals surface area contributed by atoms with E-state index in [1.165, 1.54) is 4.90 Å². The molecule has 1 fully saturated rings. The van der Waals surface area contributed by atoms with Crippen molar-refractivity contribution in [1.29, 1.82) is 0 Å². The van der Waals surface area contributed by atoms with E-state index >= 15 is 0 Å². The third-order valence-corrected chi connectivity index (χ3v) is 6.83. The molecule has 5 rings (SSSR count). The number of halogens is 2.